The highest BCUT2D eigenvalue weighted by atomic mass is 16.5. The van der Waals surface area contributed by atoms with Gasteiger partial charge in [0.2, 0.25) is 0 Å². The molecular formula is C7H14N2O4. The molecule has 0 fully saturated rings. The number of carbonyl (C=O) groups is 2. The Bertz CT molecular complexity index is 183. The second-order valence-corrected chi connectivity index (χ2v) is 2.50. The van der Waals surface area contributed by atoms with Gasteiger partial charge in [0.1, 0.15) is 12.6 Å². The molecule has 0 heterocycles. The maximum atomic E-state index is 10.9. The average molecular weight is 190 g/mol. The monoisotopic (exact) mass is 190 g/mol. The van der Waals surface area contributed by atoms with Gasteiger partial charge in [0.25, 0.3) is 0 Å². The van der Waals surface area contributed by atoms with Crippen LogP contribution in [0, 0.1) is 0 Å². The van der Waals surface area contributed by atoms with E-state index in [2.05, 4.69) is 4.74 Å². The van der Waals surface area contributed by atoms with E-state index in [-0.39, 0.29) is 26.0 Å². The summed E-state index contributed by atoms with van der Waals surface area (Å²) in [6.07, 6.45) is -0.0579. The highest BCUT2D eigenvalue weighted by Gasteiger charge is 2.15. The normalized spacial score (nSPS) is 12.2. The summed E-state index contributed by atoms with van der Waals surface area (Å²) in [7, 11) is 0. The van der Waals surface area contributed by atoms with Crippen LogP contribution in [0.15, 0.2) is 0 Å². The molecular weight excluding hydrogens is 176 g/mol. The number of hydrogen-bond donors (Lipinski definition) is 3. The first kappa shape index (κ1) is 11.9. The number of ether oxygens (including phenoxy) is 1. The number of nitrogens with two attached hydrogens (primary N) is 2. The molecule has 6 nitrogen and oxygen atoms in total. The maximum Gasteiger partial charge on any atom is 0.322 e. The molecule has 0 aliphatic rings. The van der Waals surface area contributed by atoms with Gasteiger partial charge in [0.05, 0.1) is 0 Å². The molecule has 0 aliphatic carbocycles. The van der Waals surface area contributed by atoms with Crippen LogP contribution in [-0.4, -0.2) is 36.2 Å². The Morgan fingerprint density at radius 3 is 2.54 bits per heavy atom. The zero-order chi connectivity index (χ0) is 10.3. The minimum Gasteiger partial charge on any atom is -0.481 e. The predicted octanol–water partition coefficient (Wildman–Crippen LogP) is -1.32. The molecule has 5 N–H and O–H groups in total. The lowest BCUT2D eigenvalue weighted by Crippen LogP contribution is -2.33. The summed E-state index contributed by atoms with van der Waals surface area (Å²) in [6, 6.07) is -0.873. The first-order chi connectivity index (χ1) is 6.07. The fourth-order valence-corrected chi connectivity index (χ4v) is 0.663. The van der Waals surface area contributed by atoms with E-state index in [0.29, 0.717) is 0 Å². The summed E-state index contributed by atoms with van der Waals surface area (Å²) in [5.41, 5.74) is 10.4. The summed E-state index contributed by atoms with van der Waals surface area (Å²) >= 11 is 0. The van der Waals surface area contributed by atoms with Crippen LogP contribution in [0.3, 0.4) is 0 Å². The van der Waals surface area contributed by atoms with E-state index in [1.165, 1.54) is 0 Å². The molecule has 0 aliphatic heterocycles. The lowest BCUT2D eigenvalue weighted by molar-refractivity contribution is -0.145. The Kier molecular flexibility index (Phi) is 5.82. The highest BCUT2D eigenvalue weighted by molar-refractivity contribution is 5.76. The fraction of sp³-hybridized carbons (Fsp3) is 0.714. The smallest absolute Gasteiger partial charge is 0.322 e. The summed E-state index contributed by atoms with van der Waals surface area (Å²) in [6.45, 7) is 0.344. The number of esters is 1. The van der Waals surface area contributed by atoms with Crippen molar-refractivity contribution in [1.29, 1.82) is 0 Å². The van der Waals surface area contributed by atoms with Crippen molar-refractivity contribution in [1.82, 2.24) is 0 Å². The number of carbonyl (C=O) groups excluding carboxylic acids is 1. The average Bonchev–Trinajstić information content (AvgIpc) is 2.10. The second-order valence-electron chi connectivity index (χ2n) is 2.50. The third-order valence-corrected chi connectivity index (χ3v) is 1.33. The van der Waals surface area contributed by atoms with E-state index in [1.54, 1.807) is 0 Å². The molecule has 6 heteroatoms. The third kappa shape index (κ3) is 6.06. The molecule has 0 aromatic heterocycles. The standard InChI is InChI=1S/C7H14N2O4/c8-3-4-13-7(12)5(9)1-2-6(10)11/h5H,1-4,8-9H2,(H,10,11). The quantitative estimate of drug-likeness (QED) is 0.447. The van der Waals surface area contributed by atoms with Gasteiger partial charge in [-0.25, -0.2) is 0 Å². The first-order valence-corrected chi connectivity index (χ1v) is 3.92. The maximum absolute atomic E-state index is 10.9. The van der Waals surface area contributed by atoms with Crippen molar-refractivity contribution in [2.45, 2.75) is 18.9 Å². The number of aliphatic carboxylic acids is 1. The van der Waals surface area contributed by atoms with Gasteiger partial charge in [-0.1, -0.05) is 0 Å². The van der Waals surface area contributed by atoms with Gasteiger partial charge >= 0.3 is 11.9 Å². The minimum atomic E-state index is -0.984. The highest BCUT2D eigenvalue weighted by Crippen LogP contribution is 1.96. The number of hydrogen-bond acceptors (Lipinski definition) is 5. The second kappa shape index (κ2) is 6.38. The van der Waals surface area contributed by atoms with Crippen LogP contribution < -0.4 is 11.5 Å². The van der Waals surface area contributed by atoms with Crippen molar-refractivity contribution in [3.63, 3.8) is 0 Å². The van der Waals surface area contributed by atoms with Crippen LogP contribution in [0.25, 0.3) is 0 Å². The molecule has 0 aromatic rings. The van der Waals surface area contributed by atoms with Crippen LogP contribution in [0.5, 0.6) is 0 Å². The van der Waals surface area contributed by atoms with Crippen LogP contribution >= 0.6 is 0 Å². The zero-order valence-corrected chi connectivity index (χ0v) is 7.23. The molecule has 0 radical (unpaired) electrons. The molecule has 0 bridgehead atoms. The lowest BCUT2D eigenvalue weighted by Gasteiger charge is -2.08. The largest absolute Gasteiger partial charge is 0.481 e. The summed E-state index contributed by atoms with van der Waals surface area (Å²) in [4.78, 5) is 21.0. The van der Waals surface area contributed by atoms with Crippen molar-refractivity contribution in [2.75, 3.05) is 13.2 Å². The van der Waals surface area contributed by atoms with Gasteiger partial charge in [-0.3, -0.25) is 9.59 Å². The minimum absolute atomic E-state index is 0.0821. The van der Waals surface area contributed by atoms with Crippen molar-refractivity contribution < 1.29 is 19.4 Å². The molecule has 0 saturated carbocycles. The fourth-order valence-electron chi connectivity index (χ4n) is 0.663. The zero-order valence-electron chi connectivity index (χ0n) is 7.23. The van der Waals surface area contributed by atoms with Gasteiger partial charge in [-0.2, -0.15) is 0 Å². The Balaban J connectivity index is 3.62. The third-order valence-electron chi connectivity index (χ3n) is 1.33. The van der Waals surface area contributed by atoms with Crippen molar-refractivity contribution >= 4 is 11.9 Å². The van der Waals surface area contributed by atoms with Crippen molar-refractivity contribution in [3.8, 4) is 0 Å². The van der Waals surface area contributed by atoms with Crippen LogP contribution in [-0.2, 0) is 14.3 Å². The Morgan fingerprint density at radius 1 is 1.46 bits per heavy atom. The molecule has 0 aromatic carbocycles. The van der Waals surface area contributed by atoms with E-state index in [0.717, 1.165) is 0 Å². The SMILES string of the molecule is NCCOC(=O)C(N)CCC(=O)O. The lowest BCUT2D eigenvalue weighted by atomic mass is 10.2. The number of carboxylic acids is 1. The summed E-state index contributed by atoms with van der Waals surface area (Å²) < 4.78 is 4.60. The number of rotatable bonds is 6. The molecule has 1 atom stereocenters. The molecule has 0 spiro atoms. The van der Waals surface area contributed by atoms with Crippen molar-refractivity contribution in [3.05, 3.63) is 0 Å². The first-order valence-electron chi connectivity index (χ1n) is 3.92. The molecule has 0 saturated heterocycles. The Hall–Kier alpha value is -1.14. The van der Waals surface area contributed by atoms with Gasteiger partial charge in [-0.15, -0.1) is 0 Å². The van der Waals surface area contributed by atoms with Crippen LogP contribution in [0.1, 0.15) is 12.8 Å². The van der Waals surface area contributed by atoms with Gasteiger partial charge < -0.3 is 21.3 Å². The van der Waals surface area contributed by atoms with E-state index >= 15 is 0 Å². The van der Waals surface area contributed by atoms with Crippen molar-refractivity contribution in [2.24, 2.45) is 11.5 Å². The molecule has 1 unspecified atom stereocenters. The predicted molar refractivity (Wildman–Crippen MR) is 44.9 cm³/mol. The topological polar surface area (TPSA) is 116 Å². The van der Waals surface area contributed by atoms with Gasteiger partial charge in [0, 0.05) is 13.0 Å². The molecule has 13 heavy (non-hydrogen) atoms. The Morgan fingerprint density at radius 2 is 2.08 bits per heavy atom. The molecule has 76 valence electrons. The van der Waals surface area contributed by atoms with E-state index in [4.69, 9.17) is 16.6 Å². The Labute approximate surface area is 75.8 Å². The van der Waals surface area contributed by atoms with Gasteiger partial charge in [-0.05, 0) is 6.42 Å². The van der Waals surface area contributed by atoms with E-state index < -0.39 is 18.0 Å². The number of carboxylic acid groups (broad SMARTS) is 1. The van der Waals surface area contributed by atoms with Crippen LogP contribution in [0.4, 0.5) is 0 Å². The summed E-state index contributed by atoms with van der Waals surface area (Å²) in [5, 5.41) is 8.29. The molecule has 0 amide bonds. The van der Waals surface area contributed by atoms with E-state index in [1.807, 2.05) is 0 Å². The summed E-state index contributed by atoms with van der Waals surface area (Å²) in [5.74, 6) is -1.59. The van der Waals surface area contributed by atoms with Crippen LogP contribution in [0.2, 0.25) is 0 Å². The molecule has 0 rings (SSSR count). The van der Waals surface area contributed by atoms with E-state index in [9.17, 15) is 9.59 Å². The van der Waals surface area contributed by atoms with Gasteiger partial charge in [0.15, 0.2) is 0 Å².